The van der Waals surface area contributed by atoms with Crippen molar-refractivity contribution in [1.82, 2.24) is 9.97 Å². The molecule has 0 saturated carbocycles. The predicted octanol–water partition coefficient (Wildman–Crippen LogP) is 7.47. The van der Waals surface area contributed by atoms with E-state index >= 15 is 0 Å². The first kappa shape index (κ1) is 22.0. The van der Waals surface area contributed by atoms with Crippen LogP contribution in [-0.2, 0) is 0 Å². The van der Waals surface area contributed by atoms with Crippen LogP contribution in [-0.4, -0.2) is 9.97 Å². The van der Waals surface area contributed by atoms with Crippen LogP contribution in [0.2, 0.25) is 0 Å². The molecule has 0 aliphatic carbocycles. The second kappa shape index (κ2) is 9.66. The molecule has 4 nitrogen and oxygen atoms in total. The summed E-state index contributed by atoms with van der Waals surface area (Å²) in [6.45, 7) is 0. The molecule has 4 heteroatoms. The zero-order chi connectivity index (χ0) is 25.0. The third-order valence-electron chi connectivity index (χ3n) is 6.22. The second-order valence-corrected chi connectivity index (χ2v) is 8.53. The van der Waals surface area contributed by atoms with Crippen molar-refractivity contribution in [1.29, 1.82) is 5.26 Å². The van der Waals surface area contributed by atoms with Crippen molar-refractivity contribution in [2.45, 2.75) is 0 Å². The van der Waals surface area contributed by atoms with Gasteiger partial charge < -0.3 is 5.32 Å². The van der Waals surface area contributed by atoms with Gasteiger partial charge in [0.2, 0.25) is 0 Å². The molecule has 0 aliphatic heterocycles. The maximum absolute atomic E-state index is 9.25. The van der Waals surface area contributed by atoms with E-state index in [1.807, 2.05) is 72.8 Å². The summed E-state index contributed by atoms with van der Waals surface area (Å²) < 4.78 is 0. The molecule has 0 unspecified atom stereocenters. The number of aromatic nitrogens is 2. The number of hydrogen-bond donors (Lipinski definition) is 1. The Balaban J connectivity index is 1.50. The van der Waals surface area contributed by atoms with Crippen molar-refractivity contribution in [3.05, 3.63) is 132 Å². The van der Waals surface area contributed by atoms with E-state index in [0.717, 1.165) is 44.1 Å². The second-order valence-electron chi connectivity index (χ2n) is 8.53. The largest absolute Gasteiger partial charge is 0.325 e. The van der Waals surface area contributed by atoms with Gasteiger partial charge in [0, 0.05) is 11.8 Å². The monoisotopic (exact) mass is 472 g/mol. The summed E-state index contributed by atoms with van der Waals surface area (Å²) >= 11 is 0. The number of nitrogens with zero attached hydrogens (tertiary/aromatic N) is 3. The van der Waals surface area contributed by atoms with Gasteiger partial charge in [-0.3, -0.25) is 0 Å². The molecule has 0 spiro atoms. The van der Waals surface area contributed by atoms with Gasteiger partial charge in [-0.05, 0) is 75.0 Å². The molecule has 1 N–H and O–H groups in total. The van der Waals surface area contributed by atoms with E-state index in [-0.39, 0.29) is 0 Å². The first-order valence-corrected chi connectivity index (χ1v) is 11.9. The Morgan fingerprint density at radius 2 is 1.24 bits per heavy atom. The highest BCUT2D eigenvalue weighted by Gasteiger charge is 2.14. The lowest BCUT2D eigenvalue weighted by Gasteiger charge is -2.14. The van der Waals surface area contributed by atoms with Gasteiger partial charge in [0.25, 0.3) is 0 Å². The van der Waals surface area contributed by atoms with E-state index < -0.39 is 0 Å². The molecule has 4 aromatic carbocycles. The fourth-order valence-corrected chi connectivity index (χ4v) is 4.55. The molecular weight excluding hydrogens is 452 g/mol. The van der Waals surface area contributed by atoms with Gasteiger partial charge in [-0.25, -0.2) is 9.97 Å². The first-order chi connectivity index (χ1) is 18.3. The number of nitrogens with one attached hydrogen (secondary N) is 1. The lowest BCUT2D eigenvalue weighted by molar-refractivity contribution is 1.23. The molecule has 0 bridgehead atoms. The topological polar surface area (TPSA) is 61.6 Å². The third kappa shape index (κ3) is 4.36. The molecule has 172 valence electrons. The van der Waals surface area contributed by atoms with Crippen molar-refractivity contribution in [3.63, 3.8) is 0 Å². The first-order valence-electron chi connectivity index (χ1n) is 11.9. The fourth-order valence-electron chi connectivity index (χ4n) is 4.55. The maximum atomic E-state index is 9.25. The summed E-state index contributed by atoms with van der Waals surface area (Å²) in [5, 5.41) is 16.9. The summed E-state index contributed by atoms with van der Waals surface area (Å²) in [7, 11) is 0. The van der Waals surface area contributed by atoms with Crippen LogP contribution in [0.25, 0.3) is 32.7 Å². The highest BCUT2D eigenvalue weighted by Crippen LogP contribution is 2.39. The molecule has 0 fully saturated rings. The molecule has 6 aromatic rings. The number of benzene rings is 4. The van der Waals surface area contributed by atoms with Gasteiger partial charge in [-0.15, -0.1) is 0 Å². The smallest absolute Gasteiger partial charge is 0.132 e. The molecule has 0 aliphatic rings. The Morgan fingerprint density at radius 3 is 1.89 bits per heavy atom. The van der Waals surface area contributed by atoms with E-state index in [9.17, 15) is 5.26 Å². The standard InChI is InChI=1S/C33H20N4/c34-22-23-15-17-24(18-16-23)33-29-11-3-1-9-26(29)28(27-10-2-4-12-30(27)33)20-19-25-8-7-14-32(36-25)37-31-13-5-6-21-35-31/h1-18,21H,(H,35,36,37). The minimum Gasteiger partial charge on any atom is -0.325 e. The van der Waals surface area contributed by atoms with Gasteiger partial charge in [0.05, 0.1) is 11.6 Å². The Morgan fingerprint density at radius 1 is 0.595 bits per heavy atom. The molecule has 0 saturated heterocycles. The quantitative estimate of drug-likeness (QED) is 0.214. The number of anilines is 2. The van der Waals surface area contributed by atoms with Gasteiger partial charge >= 0.3 is 0 Å². The van der Waals surface area contributed by atoms with Crippen molar-refractivity contribution >= 4 is 33.2 Å². The van der Waals surface area contributed by atoms with E-state index in [1.54, 1.807) is 6.20 Å². The lowest BCUT2D eigenvalue weighted by atomic mass is 9.88. The number of rotatable bonds is 3. The van der Waals surface area contributed by atoms with E-state index in [4.69, 9.17) is 0 Å². The van der Waals surface area contributed by atoms with Gasteiger partial charge in [0.15, 0.2) is 0 Å². The summed E-state index contributed by atoms with van der Waals surface area (Å²) in [6, 6.07) is 38.1. The molecule has 0 radical (unpaired) electrons. The minimum absolute atomic E-state index is 0.645. The van der Waals surface area contributed by atoms with Crippen LogP contribution in [0, 0.1) is 23.2 Å². The summed E-state index contributed by atoms with van der Waals surface area (Å²) in [4.78, 5) is 8.98. The summed E-state index contributed by atoms with van der Waals surface area (Å²) in [5.74, 6) is 8.15. The predicted molar refractivity (Wildman–Crippen MR) is 149 cm³/mol. The zero-order valence-corrected chi connectivity index (χ0v) is 19.8. The van der Waals surface area contributed by atoms with E-state index in [0.29, 0.717) is 17.1 Å². The highest BCUT2D eigenvalue weighted by atomic mass is 15.0. The van der Waals surface area contributed by atoms with E-state index in [2.05, 4.69) is 69.6 Å². The van der Waals surface area contributed by atoms with Gasteiger partial charge in [-0.2, -0.15) is 5.26 Å². The SMILES string of the molecule is N#Cc1ccc(-c2c3ccccc3c(C#Cc3cccc(Nc4ccccn4)n3)c3ccccc23)cc1. The van der Waals surface area contributed by atoms with Crippen LogP contribution in [0.3, 0.4) is 0 Å². The normalized spacial score (nSPS) is 10.5. The number of nitriles is 1. The summed E-state index contributed by atoms with van der Waals surface area (Å²) in [5.41, 5.74) is 4.49. The van der Waals surface area contributed by atoms with Crippen molar-refractivity contribution in [2.75, 3.05) is 5.32 Å². The van der Waals surface area contributed by atoms with Crippen molar-refractivity contribution in [3.8, 4) is 29.0 Å². The van der Waals surface area contributed by atoms with Crippen LogP contribution in [0.4, 0.5) is 11.6 Å². The highest BCUT2D eigenvalue weighted by molar-refractivity contribution is 6.16. The van der Waals surface area contributed by atoms with Crippen LogP contribution < -0.4 is 5.32 Å². The average molecular weight is 473 g/mol. The van der Waals surface area contributed by atoms with Gasteiger partial charge in [0.1, 0.15) is 17.3 Å². The van der Waals surface area contributed by atoms with E-state index in [1.165, 1.54) is 0 Å². The third-order valence-corrected chi connectivity index (χ3v) is 6.22. The van der Waals surface area contributed by atoms with Crippen molar-refractivity contribution < 1.29 is 0 Å². The van der Waals surface area contributed by atoms with Crippen LogP contribution >= 0.6 is 0 Å². The average Bonchev–Trinajstić information content (AvgIpc) is 2.96. The molecule has 2 aromatic heterocycles. The molecule has 37 heavy (non-hydrogen) atoms. The van der Waals surface area contributed by atoms with Crippen LogP contribution in [0.1, 0.15) is 16.8 Å². The Bertz CT molecular complexity index is 1800. The number of pyridine rings is 2. The molecule has 0 amide bonds. The fraction of sp³-hybridized carbons (Fsp3) is 0. The summed E-state index contributed by atoms with van der Waals surface area (Å²) in [6.07, 6.45) is 1.74. The Labute approximate surface area is 214 Å². The molecular formula is C33H20N4. The molecule has 0 atom stereocenters. The lowest BCUT2D eigenvalue weighted by Crippen LogP contribution is -1.96. The van der Waals surface area contributed by atoms with Crippen molar-refractivity contribution in [2.24, 2.45) is 0 Å². The van der Waals surface area contributed by atoms with Crippen LogP contribution in [0.15, 0.2) is 115 Å². The van der Waals surface area contributed by atoms with Gasteiger partial charge in [-0.1, -0.05) is 78.7 Å². The number of fused-ring (bicyclic) bond motifs is 2. The maximum Gasteiger partial charge on any atom is 0.132 e. The number of hydrogen-bond acceptors (Lipinski definition) is 4. The Hall–Kier alpha value is -5.45. The minimum atomic E-state index is 0.645. The molecule has 2 heterocycles. The Kier molecular flexibility index (Phi) is 5.75. The molecule has 6 rings (SSSR count). The van der Waals surface area contributed by atoms with Crippen LogP contribution in [0.5, 0.6) is 0 Å². The zero-order valence-electron chi connectivity index (χ0n) is 19.8.